The number of halogens is 2. The van der Waals surface area contributed by atoms with E-state index in [0.29, 0.717) is 27.2 Å². The zero-order chi connectivity index (χ0) is 22.3. The van der Waals surface area contributed by atoms with Crippen LogP contribution in [0.25, 0.3) is 0 Å². The molecule has 0 radical (unpaired) electrons. The van der Waals surface area contributed by atoms with Gasteiger partial charge in [-0.25, -0.2) is 5.43 Å². The molecule has 0 saturated heterocycles. The van der Waals surface area contributed by atoms with E-state index >= 15 is 0 Å². The molecule has 0 bridgehead atoms. The molecule has 2 amide bonds. The normalized spacial score (nSPS) is 12.0. The summed E-state index contributed by atoms with van der Waals surface area (Å²) in [5.74, 6) is -0.772. The van der Waals surface area contributed by atoms with Crippen LogP contribution in [0.1, 0.15) is 26.3 Å². The van der Waals surface area contributed by atoms with Crippen LogP contribution in [0.3, 0.4) is 0 Å². The highest BCUT2D eigenvalue weighted by Crippen LogP contribution is 2.37. The molecule has 0 saturated carbocycles. The third kappa shape index (κ3) is 6.56. The average Bonchev–Trinajstić information content (AvgIpc) is 2.70. The quantitative estimate of drug-likeness (QED) is 0.288. The van der Waals surface area contributed by atoms with Crippen LogP contribution >= 0.6 is 31.9 Å². The van der Waals surface area contributed by atoms with Gasteiger partial charge in [-0.15, -0.1) is 0 Å². The van der Waals surface area contributed by atoms with Gasteiger partial charge < -0.3 is 14.8 Å². The zero-order valence-corrected chi connectivity index (χ0v) is 20.2. The molecule has 2 aromatic carbocycles. The van der Waals surface area contributed by atoms with Crippen molar-refractivity contribution in [1.82, 2.24) is 5.43 Å². The fraction of sp³-hybridized carbons (Fsp3) is 0.286. The Bertz CT molecular complexity index is 948. The van der Waals surface area contributed by atoms with Crippen LogP contribution in [0.15, 0.2) is 50.4 Å². The van der Waals surface area contributed by atoms with E-state index in [2.05, 4.69) is 47.7 Å². The number of methoxy groups -OCH3 is 1. The van der Waals surface area contributed by atoms with E-state index in [1.54, 1.807) is 37.4 Å². The van der Waals surface area contributed by atoms with Gasteiger partial charge in [0, 0.05) is 4.47 Å². The van der Waals surface area contributed by atoms with Gasteiger partial charge in [0.2, 0.25) is 5.91 Å². The number of carbonyl (C=O) groups is 2. The fourth-order valence-corrected chi connectivity index (χ4v) is 3.29. The Hall–Kier alpha value is -2.39. The Morgan fingerprint density at radius 1 is 1.07 bits per heavy atom. The van der Waals surface area contributed by atoms with Crippen molar-refractivity contribution >= 4 is 55.6 Å². The monoisotopic (exact) mass is 539 g/mol. The fourth-order valence-electron chi connectivity index (χ4n) is 2.35. The van der Waals surface area contributed by atoms with Crippen molar-refractivity contribution in [2.24, 2.45) is 11.0 Å². The number of ether oxygens (including phenoxy) is 2. The van der Waals surface area contributed by atoms with Gasteiger partial charge in [-0.3, -0.25) is 9.59 Å². The van der Waals surface area contributed by atoms with Crippen molar-refractivity contribution in [1.29, 1.82) is 0 Å². The molecule has 160 valence electrons. The smallest absolute Gasteiger partial charge is 0.252 e. The van der Waals surface area contributed by atoms with Crippen molar-refractivity contribution in [2.45, 2.75) is 26.9 Å². The number of hydrogen-bond acceptors (Lipinski definition) is 5. The molecule has 0 aliphatic carbocycles. The minimum Gasteiger partial charge on any atom is -0.493 e. The van der Waals surface area contributed by atoms with Crippen molar-refractivity contribution in [3.8, 4) is 11.5 Å². The van der Waals surface area contributed by atoms with Gasteiger partial charge in [-0.05, 0) is 82.5 Å². The average molecular weight is 541 g/mol. The molecule has 9 heteroatoms. The first-order chi connectivity index (χ1) is 14.2. The van der Waals surface area contributed by atoms with Gasteiger partial charge >= 0.3 is 0 Å². The highest BCUT2D eigenvalue weighted by atomic mass is 79.9. The molecule has 30 heavy (non-hydrogen) atoms. The summed E-state index contributed by atoms with van der Waals surface area (Å²) in [7, 11) is 1.54. The number of amides is 2. The second-order valence-electron chi connectivity index (χ2n) is 6.63. The third-order valence-corrected chi connectivity index (χ3v) is 5.19. The lowest BCUT2D eigenvalue weighted by molar-refractivity contribution is -0.131. The van der Waals surface area contributed by atoms with Crippen LogP contribution in [0.5, 0.6) is 11.5 Å². The number of nitrogens with zero attached hydrogens (tertiary/aromatic N) is 1. The van der Waals surface area contributed by atoms with E-state index in [0.717, 1.165) is 4.47 Å². The van der Waals surface area contributed by atoms with Gasteiger partial charge in [0.25, 0.3) is 5.91 Å². The first-order valence-electron chi connectivity index (χ1n) is 9.15. The van der Waals surface area contributed by atoms with Gasteiger partial charge in [-0.2, -0.15) is 5.10 Å². The summed E-state index contributed by atoms with van der Waals surface area (Å²) in [5.41, 5.74) is 3.66. The standard InChI is InChI=1S/C21H23Br2N3O4/c1-12(2)30-19-16(23)9-14(10-18(19)29-4)11-24-26-21(28)13(3)20(27)25-17-8-6-5-7-15(17)22/h5-13H,1-4H3,(H,25,27)(H,26,28). The van der Waals surface area contributed by atoms with Crippen LogP contribution in [0.4, 0.5) is 5.69 Å². The molecular formula is C21H23Br2N3O4. The van der Waals surface area contributed by atoms with E-state index in [4.69, 9.17) is 9.47 Å². The van der Waals surface area contributed by atoms with Crippen LogP contribution < -0.4 is 20.2 Å². The summed E-state index contributed by atoms with van der Waals surface area (Å²) in [4.78, 5) is 24.6. The predicted molar refractivity (Wildman–Crippen MR) is 124 cm³/mol. The Labute approximate surface area is 192 Å². The molecule has 2 N–H and O–H groups in total. The first-order valence-corrected chi connectivity index (χ1v) is 10.7. The molecule has 0 spiro atoms. The van der Waals surface area contributed by atoms with Crippen LogP contribution in [0.2, 0.25) is 0 Å². The molecule has 0 fully saturated rings. The summed E-state index contributed by atoms with van der Waals surface area (Å²) in [6.07, 6.45) is 1.45. The molecular weight excluding hydrogens is 518 g/mol. The number of rotatable bonds is 8. The van der Waals surface area contributed by atoms with Gasteiger partial charge in [0.1, 0.15) is 5.92 Å². The van der Waals surface area contributed by atoms with Crippen molar-refractivity contribution in [2.75, 3.05) is 12.4 Å². The zero-order valence-electron chi connectivity index (χ0n) is 17.0. The van der Waals surface area contributed by atoms with E-state index in [1.807, 2.05) is 19.9 Å². The Morgan fingerprint density at radius 2 is 1.77 bits per heavy atom. The van der Waals surface area contributed by atoms with Crippen molar-refractivity contribution in [3.05, 3.63) is 50.9 Å². The molecule has 0 aromatic heterocycles. The van der Waals surface area contributed by atoms with Gasteiger partial charge in [-0.1, -0.05) is 12.1 Å². The maximum absolute atomic E-state index is 12.3. The van der Waals surface area contributed by atoms with E-state index in [9.17, 15) is 9.59 Å². The second-order valence-corrected chi connectivity index (χ2v) is 8.33. The highest BCUT2D eigenvalue weighted by molar-refractivity contribution is 9.11. The largest absolute Gasteiger partial charge is 0.493 e. The van der Waals surface area contributed by atoms with E-state index < -0.39 is 17.7 Å². The number of nitrogens with one attached hydrogen (secondary N) is 2. The number of benzene rings is 2. The Balaban J connectivity index is 2.02. The molecule has 0 aliphatic heterocycles. The summed E-state index contributed by atoms with van der Waals surface area (Å²) in [5, 5.41) is 6.65. The van der Waals surface area contributed by atoms with E-state index in [1.165, 1.54) is 13.1 Å². The van der Waals surface area contributed by atoms with E-state index in [-0.39, 0.29) is 6.10 Å². The summed E-state index contributed by atoms with van der Waals surface area (Å²) in [6.45, 7) is 5.35. The Morgan fingerprint density at radius 3 is 2.40 bits per heavy atom. The van der Waals surface area contributed by atoms with Gasteiger partial charge in [0.05, 0.1) is 29.6 Å². The lowest BCUT2D eigenvalue weighted by atomic mass is 10.1. The lowest BCUT2D eigenvalue weighted by Crippen LogP contribution is -2.34. The first kappa shape index (κ1) is 23.9. The number of carbonyl (C=O) groups excluding carboxylic acids is 2. The second kappa shape index (κ2) is 11.1. The maximum atomic E-state index is 12.3. The predicted octanol–water partition coefficient (Wildman–Crippen LogP) is 4.73. The molecule has 1 atom stereocenters. The number of hydrazone groups is 1. The summed E-state index contributed by atoms with van der Waals surface area (Å²) < 4.78 is 12.5. The topological polar surface area (TPSA) is 89.0 Å². The molecule has 1 unspecified atom stereocenters. The van der Waals surface area contributed by atoms with Crippen LogP contribution in [-0.2, 0) is 9.59 Å². The molecule has 7 nitrogen and oxygen atoms in total. The number of anilines is 1. The van der Waals surface area contributed by atoms with Crippen LogP contribution in [-0.4, -0.2) is 31.2 Å². The molecule has 2 aromatic rings. The summed E-state index contributed by atoms with van der Waals surface area (Å²) >= 11 is 6.81. The number of hydrogen-bond donors (Lipinski definition) is 2. The highest BCUT2D eigenvalue weighted by Gasteiger charge is 2.21. The molecule has 2 rings (SSSR count). The lowest BCUT2D eigenvalue weighted by Gasteiger charge is -2.15. The number of para-hydroxylation sites is 1. The van der Waals surface area contributed by atoms with Gasteiger partial charge in [0.15, 0.2) is 11.5 Å². The molecule has 0 heterocycles. The SMILES string of the molecule is COc1cc(C=NNC(=O)C(C)C(=O)Nc2ccccc2Br)cc(Br)c1OC(C)C. The third-order valence-electron chi connectivity index (χ3n) is 3.91. The van der Waals surface area contributed by atoms with Crippen molar-refractivity contribution < 1.29 is 19.1 Å². The maximum Gasteiger partial charge on any atom is 0.252 e. The van der Waals surface area contributed by atoms with Crippen LogP contribution in [0, 0.1) is 5.92 Å². The Kier molecular flexibility index (Phi) is 8.86. The minimum atomic E-state index is -0.933. The van der Waals surface area contributed by atoms with Crippen molar-refractivity contribution in [3.63, 3.8) is 0 Å². The summed E-state index contributed by atoms with van der Waals surface area (Å²) in [6, 6.07) is 10.7. The minimum absolute atomic E-state index is 0.0156. The molecule has 0 aliphatic rings.